The van der Waals surface area contributed by atoms with E-state index in [4.69, 9.17) is 0 Å². The SMILES string of the molecule is CCCc1ccc(S(=O)(=O)NC(=O)Nc2ccc(-n3ccc4cc(NC)c(F)cc4c3=O)cc2)s1. The van der Waals surface area contributed by atoms with Crippen molar-refractivity contribution < 1.29 is 17.6 Å². The number of rotatable bonds is 7. The van der Waals surface area contributed by atoms with Gasteiger partial charge in [-0.15, -0.1) is 11.3 Å². The zero-order valence-electron chi connectivity index (χ0n) is 19.0. The van der Waals surface area contributed by atoms with Gasteiger partial charge in [-0.3, -0.25) is 9.36 Å². The number of amides is 2. The van der Waals surface area contributed by atoms with Crippen LogP contribution in [0, 0.1) is 5.82 Å². The van der Waals surface area contributed by atoms with Gasteiger partial charge in [-0.1, -0.05) is 13.3 Å². The van der Waals surface area contributed by atoms with Gasteiger partial charge in [0.05, 0.1) is 11.1 Å². The van der Waals surface area contributed by atoms with Gasteiger partial charge in [0.15, 0.2) is 0 Å². The number of urea groups is 1. The highest BCUT2D eigenvalue weighted by Gasteiger charge is 2.20. The summed E-state index contributed by atoms with van der Waals surface area (Å²) in [6, 6.07) is 13.0. The van der Waals surface area contributed by atoms with Crippen LogP contribution in [0.4, 0.5) is 20.6 Å². The van der Waals surface area contributed by atoms with Crippen LogP contribution in [0.15, 0.2) is 69.8 Å². The van der Waals surface area contributed by atoms with E-state index in [0.717, 1.165) is 29.1 Å². The number of aryl methyl sites for hydroxylation is 1. The van der Waals surface area contributed by atoms with Gasteiger partial charge in [0.2, 0.25) is 0 Å². The average molecular weight is 515 g/mol. The summed E-state index contributed by atoms with van der Waals surface area (Å²) in [5, 5.41) is 6.04. The number of pyridine rings is 1. The largest absolute Gasteiger partial charge is 0.386 e. The molecule has 0 saturated carbocycles. The van der Waals surface area contributed by atoms with E-state index in [1.807, 2.05) is 11.6 Å². The number of carbonyl (C=O) groups is 1. The van der Waals surface area contributed by atoms with Gasteiger partial charge in [0, 0.05) is 29.5 Å². The van der Waals surface area contributed by atoms with Gasteiger partial charge in [-0.25, -0.2) is 22.3 Å². The van der Waals surface area contributed by atoms with Gasteiger partial charge in [0.1, 0.15) is 10.0 Å². The first-order valence-corrected chi connectivity index (χ1v) is 13.1. The molecule has 35 heavy (non-hydrogen) atoms. The molecule has 0 spiro atoms. The van der Waals surface area contributed by atoms with E-state index >= 15 is 0 Å². The minimum atomic E-state index is -3.99. The number of carbonyl (C=O) groups excluding carboxylic acids is 1. The summed E-state index contributed by atoms with van der Waals surface area (Å²) in [6.45, 7) is 2.00. The maximum Gasteiger partial charge on any atom is 0.333 e. The molecule has 11 heteroatoms. The molecule has 0 aliphatic carbocycles. The number of anilines is 2. The Balaban J connectivity index is 1.50. The van der Waals surface area contributed by atoms with E-state index in [1.54, 1.807) is 43.6 Å². The first-order valence-electron chi connectivity index (χ1n) is 10.8. The second-order valence-electron chi connectivity index (χ2n) is 7.74. The van der Waals surface area contributed by atoms with E-state index in [0.29, 0.717) is 22.4 Å². The highest BCUT2D eigenvalue weighted by molar-refractivity contribution is 7.92. The van der Waals surface area contributed by atoms with Crippen LogP contribution in [0.1, 0.15) is 18.2 Å². The summed E-state index contributed by atoms with van der Waals surface area (Å²) in [7, 11) is -2.39. The summed E-state index contributed by atoms with van der Waals surface area (Å²) in [6.07, 6.45) is 3.24. The van der Waals surface area contributed by atoms with Crippen LogP contribution in [0.2, 0.25) is 0 Å². The summed E-state index contributed by atoms with van der Waals surface area (Å²) >= 11 is 1.13. The smallest absolute Gasteiger partial charge is 0.333 e. The Morgan fingerprint density at radius 2 is 1.83 bits per heavy atom. The van der Waals surface area contributed by atoms with Crippen molar-refractivity contribution in [1.82, 2.24) is 9.29 Å². The lowest BCUT2D eigenvalue weighted by atomic mass is 10.1. The summed E-state index contributed by atoms with van der Waals surface area (Å²) < 4.78 is 42.5. The summed E-state index contributed by atoms with van der Waals surface area (Å²) in [5.41, 5.74) is 0.728. The van der Waals surface area contributed by atoms with Crippen LogP contribution >= 0.6 is 11.3 Å². The van der Waals surface area contributed by atoms with Gasteiger partial charge in [-0.05, 0) is 66.4 Å². The predicted molar refractivity (Wildman–Crippen MR) is 137 cm³/mol. The third-order valence-corrected chi connectivity index (χ3v) is 8.26. The Hall–Kier alpha value is -3.70. The molecular weight excluding hydrogens is 491 g/mol. The maximum atomic E-state index is 14.2. The molecule has 0 fully saturated rings. The second-order valence-corrected chi connectivity index (χ2v) is 10.8. The zero-order chi connectivity index (χ0) is 25.2. The number of nitrogens with zero attached hydrogens (tertiary/aromatic N) is 1. The number of halogens is 1. The Morgan fingerprint density at radius 1 is 1.09 bits per heavy atom. The molecule has 0 atom stereocenters. The molecule has 182 valence electrons. The van der Waals surface area contributed by atoms with Crippen molar-refractivity contribution in [3.05, 3.63) is 81.8 Å². The third-order valence-electron chi connectivity index (χ3n) is 5.29. The molecule has 2 heterocycles. The highest BCUT2D eigenvalue weighted by Crippen LogP contribution is 2.23. The van der Waals surface area contributed by atoms with Crippen LogP contribution in [0.5, 0.6) is 0 Å². The Morgan fingerprint density at radius 3 is 2.51 bits per heavy atom. The van der Waals surface area contributed by atoms with Crippen molar-refractivity contribution in [3.63, 3.8) is 0 Å². The number of thiophene rings is 1. The van der Waals surface area contributed by atoms with E-state index in [1.165, 1.54) is 28.8 Å². The normalized spacial score (nSPS) is 11.4. The fourth-order valence-electron chi connectivity index (χ4n) is 3.58. The Labute approximate surface area is 205 Å². The van der Waals surface area contributed by atoms with Crippen molar-refractivity contribution in [2.45, 2.75) is 24.0 Å². The fraction of sp³-hybridized carbons (Fsp3) is 0.167. The van der Waals surface area contributed by atoms with Crippen LogP contribution in [-0.2, 0) is 16.4 Å². The van der Waals surface area contributed by atoms with Crippen LogP contribution < -0.4 is 20.9 Å². The lowest BCUT2D eigenvalue weighted by molar-refractivity contribution is 0.256. The first-order chi connectivity index (χ1) is 16.7. The average Bonchev–Trinajstić information content (AvgIpc) is 3.30. The van der Waals surface area contributed by atoms with Crippen molar-refractivity contribution in [3.8, 4) is 5.69 Å². The number of hydrogen-bond acceptors (Lipinski definition) is 6. The second kappa shape index (κ2) is 9.88. The van der Waals surface area contributed by atoms with E-state index in [-0.39, 0.29) is 9.60 Å². The molecule has 4 rings (SSSR count). The molecule has 3 N–H and O–H groups in total. The van der Waals surface area contributed by atoms with Crippen molar-refractivity contribution >= 4 is 49.5 Å². The monoisotopic (exact) mass is 514 g/mol. The van der Waals surface area contributed by atoms with Crippen molar-refractivity contribution in [2.75, 3.05) is 17.7 Å². The molecule has 8 nitrogen and oxygen atoms in total. The molecule has 2 aromatic carbocycles. The topological polar surface area (TPSA) is 109 Å². The first kappa shape index (κ1) is 24.4. The quantitative estimate of drug-likeness (QED) is 0.331. The number of hydrogen-bond donors (Lipinski definition) is 3. The van der Waals surface area contributed by atoms with Crippen molar-refractivity contribution in [1.29, 1.82) is 0 Å². The molecular formula is C24H23FN4O4S2. The maximum absolute atomic E-state index is 14.2. The van der Waals surface area contributed by atoms with Gasteiger partial charge in [0.25, 0.3) is 15.6 Å². The number of fused-ring (bicyclic) bond motifs is 1. The number of nitrogens with one attached hydrogen (secondary N) is 3. The van der Waals surface area contributed by atoms with E-state index in [9.17, 15) is 22.4 Å². The minimum absolute atomic E-state index is 0.0698. The number of aromatic nitrogens is 1. The van der Waals surface area contributed by atoms with Gasteiger partial charge < -0.3 is 10.6 Å². The minimum Gasteiger partial charge on any atom is -0.386 e. The van der Waals surface area contributed by atoms with Gasteiger partial charge >= 0.3 is 6.03 Å². The molecule has 4 aromatic rings. The fourth-order valence-corrected chi connectivity index (χ4v) is 5.94. The molecule has 0 radical (unpaired) electrons. The van der Waals surface area contributed by atoms with E-state index in [2.05, 4.69) is 10.6 Å². The lowest BCUT2D eigenvalue weighted by Gasteiger charge is -2.11. The molecule has 0 bridgehead atoms. The summed E-state index contributed by atoms with van der Waals surface area (Å²) in [5.74, 6) is -0.528. The molecule has 2 aromatic heterocycles. The lowest BCUT2D eigenvalue weighted by Crippen LogP contribution is -2.33. The van der Waals surface area contributed by atoms with Crippen LogP contribution in [0.3, 0.4) is 0 Å². The molecule has 0 aliphatic rings. The summed E-state index contributed by atoms with van der Waals surface area (Å²) in [4.78, 5) is 26.1. The number of sulfonamides is 1. The molecule has 0 saturated heterocycles. The zero-order valence-corrected chi connectivity index (χ0v) is 20.6. The third kappa shape index (κ3) is 5.20. The van der Waals surface area contributed by atoms with Crippen LogP contribution in [0.25, 0.3) is 16.5 Å². The van der Waals surface area contributed by atoms with E-state index < -0.39 is 27.4 Å². The Kier molecular flexibility index (Phi) is 6.90. The molecule has 0 aliphatic heterocycles. The molecule has 2 amide bonds. The molecule has 0 unspecified atom stereocenters. The standard InChI is InChI=1S/C24H23FN4O4S2/c1-3-4-18-9-10-22(34-18)35(32,33)28-24(31)27-16-5-7-17(8-6-16)29-12-11-15-13-21(26-2)20(25)14-19(15)23(29)30/h5-14,26H,3-4H2,1-2H3,(H2,27,28,31). The predicted octanol–water partition coefficient (Wildman–Crippen LogP) is 4.70. The highest BCUT2D eigenvalue weighted by atomic mass is 32.2. The van der Waals surface area contributed by atoms with Crippen LogP contribution in [-0.4, -0.2) is 26.1 Å². The van der Waals surface area contributed by atoms with Gasteiger partial charge in [-0.2, -0.15) is 0 Å². The van der Waals surface area contributed by atoms with Crippen molar-refractivity contribution in [2.24, 2.45) is 0 Å². The number of benzene rings is 2. The Bertz CT molecular complexity index is 1560.